The van der Waals surface area contributed by atoms with E-state index in [9.17, 15) is 9.90 Å². The van der Waals surface area contributed by atoms with Crippen LogP contribution in [0, 0.1) is 0 Å². The molecule has 1 atom stereocenters. The topological polar surface area (TPSA) is 71.0 Å². The van der Waals surface area contributed by atoms with Crippen molar-refractivity contribution >= 4 is 6.09 Å². The van der Waals surface area contributed by atoms with E-state index in [0.717, 1.165) is 25.7 Å². The van der Waals surface area contributed by atoms with Crippen LogP contribution in [0.15, 0.2) is 0 Å². The Hall–Kier alpha value is -0.850. The molecular formula is C15H30N2O4. The number of piperidine rings is 1. The number of hydrogen-bond acceptors (Lipinski definition) is 5. The van der Waals surface area contributed by atoms with Crippen LogP contribution in [0.25, 0.3) is 0 Å². The number of aliphatic hydroxyl groups is 1. The molecule has 1 amide bonds. The van der Waals surface area contributed by atoms with E-state index in [-0.39, 0.29) is 6.09 Å². The highest BCUT2D eigenvalue weighted by Crippen LogP contribution is 2.11. The van der Waals surface area contributed by atoms with E-state index in [0.29, 0.717) is 45.5 Å². The number of unbranched alkanes of at least 4 members (excludes halogenated alkanes) is 1. The van der Waals surface area contributed by atoms with Crippen molar-refractivity contribution in [1.29, 1.82) is 0 Å². The molecule has 1 rings (SSSR count). The average Bonchev–Trinajstić information content (AvgIpc) is 2.50. The number of amides is 1. The van der Waals surface area contributed by atoms with Gasteiger partial charge in [0.05, 0.1) is 19.3 Å². The van der Waals surface area contributed by atoms with E-state index >= 15 is 0 Å². The SMILES string of the molecule is CCCCOCC(O)CNC1CCN(C(=O)OCC)CC1. The van der Waals surface area contributed by atoms with Crippen molar-refractivity contribution in [3.8, 4) is 0 Å². The van der Waals surface area contributed by atoms with Gasteiger partial charge >= 0.3 is 6.09 Å². The number of carbonyl (C=O) groups excluding carboxylic acids is 1. The number of nitrogens with zero attached hydrogens (tertiary/aromatic N) is 1. The first-order valence-electron chi connectivity index (χ1n) is 8.08. The second kappa shape index (κ2) is 10.8. The van der Waals surface area contributed by atoms with Gasteiger partial charge in [0.25, 0.3) is 0 Å². The molecule has 124 valence electrons. The third-order valence-electron chi connectivity index (χ3n) is 3.62. The minimum atomic E-state index is -0.468. The Balaban J connectivity index is 2.08. The Morgan fingerprint density at radius 3 is 2.71 bits per heavy atom. The zero-order valence-electron chi connectivity index (χ0n) is 13.3. The molecule has 0 radical (unpaired) electrons. The molecule has 0 aromatic rings. The molecule has 6 heteroatoms. The highest BCUT2D eigenvalue weighted by atomic mass is 16.6. The smallest absolute Gasteiger partial charge is 0.409 e. The molecule has 1 fully saturated rings. The van der Waals surface area contributed by atoms with Gasteiger partial charge in [-0.15, -0.1) is 0 Å². The summed E-state index contributed by atoms with van der Waals surface area (Å²) in [5.41, 5.74) is 0. The Morgan fingerprint density at radius 2 is 2.10 bits per heavy atom. The number of carbonyl (C=O) groups is 1. The maximum Gasteiger partial charge on any atom is 0.409 e. The molecule has 0 spiro atoms. The summed E-state index contributed by atoms with van der Waals surface area (Å²) in [6.45, 7) is 7.40. The highest BCUT2D eigenvalue weighted by molar-refractivity contribution is 5.67. The molecule has 1 unspecified atom stereocenters. The Kier molecular flexibility index (Phi) is 9.37. The van der Waals surface area contributed by atoms with Gasteiger partial charge in [0.1, 0.15) is 0 Å². The monoisotopic (exact) mass is 302 g/mol. The Labute approximate surface area is 127 Å². The van der Waals surface area contributed by atoms with Crippen molar-refractivity contribution in [3.05, 3.63) is 0 Å². The second-order valence-corrected chi connectivity index (χ2v) is 5.45. The lowest BCUT2D eigenvalue weighted by molar-refractivity contribution is 0.0329. The number of hydrogen-bond donors (Lipinski definition) is 2. The Morgan fingerprint density at radius 1 is 1.38 bits per heavy atom. The van der Waals surface area contributed by atoms with Gasteiger partial charge in [-0.2, -0.15) is 0 Å². The molecule has 21 heavy (non-hydrogen) atoms. The molecule has 2 N–H and O–H groups in total. The van der Waals surface area contributed by atoms with Gasteiger partial charge in [-0.05, 0) is 26.2 Å². The fraction of sp³-hybridized carbons (Fsp3) is 0.933. The van der Waals surface area contributed by atoms with E-state index < -0.39 is 6.10 Å². The van der Waals surface area contributed by atoms with Crippen LogP contribution < -0.4 is 5.32 Å². The van der Waals surface area contributed by atoms with E-state index in [1.807, 2.05) is 6.92 Å². The van der Waals surface area contributed by atoms with Gasteiger partial charge in [-0.1, -0.05) is 13.3 Å². The van der Waals surface area contributed by atoms with Gasteiger partial charge in [-0.25, -0.2) is 4.79 Å². The van der Waals surface area contributed by atoms with Crippen LogP contribution in [-0.4, -0.2) is 67.7 Å². The molecule has 0 bridgehead atoms. The summed E-state index contributed by atoms with van der Waals surface area (Å²) in [4.78, 5) is 13.3. The highest BCUT2D eigenvalue weighted by Gasteiger charge is 2.23. The number of rotatable bonds is 9. The van der Waals surface area contributed by atoms with Crippen LogP contribution in [0.1, 0.15) is 39.5 Å². The van der Waals surface area contributed by atoms with Crippen LogP contribution in [0.2, 0.25) is 0 Å². The molecule has 6 nitrogen and oxygen atoms in total. The summed E-state index contributed by atoms with van der Waals surface area (Å²) in [7, 11) is 0. The quantitative estimate of drug-likeness (QED) is 0.630. The van der Waals surface area contributed by atoms with Gasteiger partial charge in [-0.3, -0.25) is 0 Å². The summed E-state index contributed by atoms with van der Waals surface area (Å²) in [5.74, 6) is 0. The fourth-order valence-electron chi connectivity index (χ4n) is 2.31. The molecule has 0 aromatic carbocycles. The third-order valence-corrected chi connectivity index (χ3v) is 3.62. The zero-order valence-corrected chi connectivity index (χ0v) is 13.3. The lowest BCUT2D eigenvalue weighted by Crippen LogP contribution is -2.47. The lowest BCUT2D eigenvalue weighted by Gasteiger charge is -2.32. The van der Waals surface area contributed by atoms with Gasteiger partial charge in [0, 0.05) is 32.3 Å². The summed E-state index contributed by atoms with van der Waals surface area (Å²) >= 11 is 0. The molecule has 1 aliphatic rings. The number of aliphatic hydroxyl groups excluding tert-OH is 1. The standard InChI is InChI=1S/C15H30N2O4/c1-3-5-10-20-12-14(18)11-16-13-6-8-17(9-7-13)15(19)21-4-2/h13-14,16,18H,3-12H2,1-2H3. The average molecular weight is 302 g/mol. The first kappa shape index (κ1) is 18.2. The first-order chi connectivity index (χ1) is 10.2. The number of ether oxygens (including phenoxy) is 2. The van der Waals surface area contributed by atoms with Gasteiger partial charge in [0.2, 0.25) is 0 Å². The fourth-order valence-corrected chi connectivity index (χ4v) is 2.31. The summed E-state index contributed by atoms with van der Waals surface area (Å²) in [5, 5.41) is 13.2. The van der Waals surface area contributed by atoms with Crippen LogP contribution >= 0.6 is 0 Å². The molecule has 0 aromatic heterocycles. The summed E-state index contributed by atoms with van der Waals surface area (Å²) in [6, 6.07) is 0.348. The summed E-state index contributed by atoms with van der Waals surface area (Å²) < 4.78 is 10.4. The maximum absolute atomic E-state index is 11.6. The van der Waals surface area contributed by atoms with Crippen molar-refractivity contribution in [2.45, 2.75) is 51.7 Å². The molecule has 0 aliphatic carbocycles. The molecule has 0 saturated carbocycles. The normalized spacial score (nSPS) is 17.8. The molecule has 1 aliphatic heterocycles. The predicted molar refractivity (Wildman–Crippen MR) is 81.4 cm³/mol. The van der Waals surface area contributed by atoms with E-state index in [4.69, 9.17) is 9.47 Å². The van der Waals surface area contributed by atoms with Gasteiger partial charge in [0.15, 0.2) is 0 Å². The molecular weight excluding hydrogens is 272 g/mol. The van der Waals surface area contributed by atoms with Crippen molar-refractivity contribution in [1.82, 2.24) is 10.2 Å². The van der Waals surface area contributed by atoms with E-state index in [1.165, 1.54) is 0 Å². The van der Waals surface area contributed by atoms with Crippen LogP contribution in [-0.2, 0) is 9.47 Å². The maximum atomic E-state index is 11.6. The lowest BCUT2D eigenvalue weighted by atomic mass is 10.1. The van der Waals surface area contributed by atoms with Crippen molar-refractivity contribution in [2.24, 2.45) is 0 Å². The minimum Gasteiger partial charge on any atom is -0.450 e. The minimum absolute atomic E-state index is 0.222. The van der Waals surface area contributed by atoms with Crippen molar-refractivity contribution in [3.63, 3.8) is 0 Å². The summed E-state index contributed by atoms with van der Waals surface area (Å²) in [6.07, 6.45) is 3.23. The first-order valence-corrected chi connectivity index (χ1v) is 8.08. The largest absolute Gasteiger partial charge is 0.450 e. The number of nitrogens with one attached hydrogen (secondary N) is 1. The van der Waals surface area contributed by atoms with Crippen LogP contribution in [0.3, 0.4) is 0 Å². The van der Waals surface area contributed by atoms with Crippen molar-refractivity contribution < 1.29 is 19.4 Å². The second-order valence-electron chi connectivity index (χ2n) is 5.45. The van der Waals surface area contributed by atoms with E-state index in [2.05, 4.69) is 12.2 Å². The molecule has 1 heterocycles. The third kappa shape index (κ3) is 7.64. The predicted octanol–water partition coefficient (Wildman–Crippen LogP) is 1.37. The molecule has 1 saturated heterocycles. The van der Waals surface area contributed by atoms with Gasteiger partial charge < -0.3 is 24.8 Å². The van der Waals surface area contributed by atoms with Crippen LogP contribution in [0.4, 0.5) is 4.79 Å². The zero-order chi connectivity index (χ0) is 15.5. The number of likely N-dealkylation sites (tertiary alicyclic amines) is 1. The van der Waals surface area contributed by atoms with Crippen LogP contribution in [0.5, 0.6) is 0 Å². The van der Waals surface area contributed by atoms with E-state index in [1.54, 1.807) is 4.90 Å². The van der Waals surface area contributed by atoms with Crippen molar-refractivity contribution in [2.75, 3.05) is 39.5 Å². The Bertz CT molecular complexity index is 281.